The third-order valence-electron chi connectivity index (χ3n) is 15.0. The summed E-state index contributed by atoms with van der Waals surface area (Å²) < 4.78 is 0. The second-order valence-corrected chi connectivity index (χ2v) is 17.4. The van der Waals surface area contributed by atoms with Crippen LogP contribution in [0.25, 0.3) is 22.3 Å². The van der Waals surface area contributed by atoms with Crippen molar-refractivity contribution in [3.63, 3.8) is 0 Å². The first kappa shape index (κ1) is 31.4. The van der Waals surface area contributed by atoms with E-state index < -0.39 is 0 Å². The number of hydrogen-bond acceptors (Lipinski definition) is 2. The Morgan fingerprint density at radius 3 is 1.68 bits per heavy atom. The molecule has 0 N–H and O–H groups in total. The topological polar surface area (TPSA) is 6.48 Å². The van der Waals surface area contributed by atoms with Gasteiger partial charge in [0.25, 0.3) is 6.71 Å². The molecule has 6 aliphatic rings. The summed E-state index contributed by atoms with van der Waals surface area (Å²) in [4.78, 5) is 5.24. The molecule has 268 valence electrons. The van der Waals surface area contributed by atoms with Gasteiger partial charge < -0.3 is 9.80 Å². The minimum Gasteiger partial charge on any atom is -0.311 e. The fraction of sp³-hybridized carbons (Fsp3) is 0.208. The van der Waals surface area contributed by atoms with Gasteiger partial charge in [0.2, 0.25) is 0 Å². The zero-order valence-electron chi connectivity index (χ0n) is 31.8. The Balaban J connectivity index is 1.16. The molecule has 7 aromatic rings. The van der Waals surface area contributed by atoms with Crippen LogP contribution < -0.4 is 26.2 Å². The third kappa shape index (κ3) is 3.89. The van der Waals surface area contributed by atoms with Crippen molar-refractivity contribution < 1.29 is 0 Å². The van der Waals surface area contributed by atoms with Crippen molar-refractivity contribution in [1.82, 2.24) is 0 Å². The lowest BCUT2D eigenvalue weighted by atomic mass is 9.33. The smallest absolute Gasteiger partial charge is 0.252 e. The molecule has 13 rings (SSSR count). The van der Waals surface area contributed by atoms with Gasteiger partial charge >= 0.3 is 0 Å². The highest BCUT2D eigenvalue weighted by Gasteiger charge is 2.51. The molecule has 0 amide bonds. The first-order valence-corrected chi connectivity index (χ1v) is 21.2. The molecule has 0 saturated heterocycles. The standard InChI is InChI=1S/C53H43BN2/c1-4-17-35(18-5-1)55-46-25-16-26-47-50(46)54(45-34-43-39(33-48(45)55)37-21-8-10-23-40(37)53(43)31-14-15-32-53)44-28-27-42-49(51(44)56(47)36-19-6-2-7-20-36)38-22-9-11-24-41(38)52(42)29-12-3-13-30-52/h1-2,4-11,16-28,33-34H,3,12-15,29-32H2. The van der Waals surface area contributed by atoms with Crippen LogP contribution in [0.5, 0.6) is 0 Å². The lowest BCUT2D eigenvalue weighted by Gasteiger charge is -2.45. The van der Waals surface area contributed by atoms with Crippen molar-refractivity contribution in [3.05, 3.63) is 174 Å². The Morgan fingerprint density at radius 2 is 0.964 bits per heavy atom. The van der Waals surface area contributed by atoms with E-state index in [1.807, 2.05) is 0 Å². The van der Waals surface area contributed by atoms with E-state index in [2.05, 4.69) is 161 Å². The van der Waals surface area contributed by atoms with E-state index in [0.29, 0.717) is 0 Å². The fourth-order valence-corrected chi connectivity index (χ4v) is 12.8. The minimum atomic E-state index is 0.0831. The summed E-state index contributed by atoms with van der Waals surface area (Å²) in [5.41, 5.74) is 24.2. The SMILES string of the molecule is c1ccc(N2c3cc4c(cc3B3c5ccc6c(c5N(c5ccccc5)c5cccc2c53)-c2ccccc2C62CCCCC2)C2(CCCC2)c2ccccc2-4)cc1. The Bertz CT molecular complexity index is 2760. The van der Waals surface area contributed by atoms with Gasteiger partial charge in [-0.3, -0.25) is 0 Å². The number of rotatable bonds is 2. The second kappa shape index (κ2) is 11.4. The van der Waals surface area contributed by atoms with E-state index >= 15 is 0 Å². The van der Waals surface area contributed by atoms with Crippen molar-refractivity contribution in [2.75, 3.05) is 9.80 Å². The van der Waals surface area contributed by atoms with Crippen molar-refractivity contribution in [3.8, 4) is 22.3 Å². The van der Waals surface area contributed by atoms with E-state index in [9.17, 15) is 0 Å². The summed E-state index contributed by atoms with van der Waals surface area (Å²) in [6.45, 7) is 0.0963. The lowest BCUT2D eigenvalue weighted by Crippen LogP contribution is -2.61. The lowest BCUT2D eigenvalue weighted by molar-refractivity contribution is 0.353. The van der Waals surface area contributed by atoms with Crippen LogP contribution in [0, 0.1) is 0 Å². The summed E-state index contributed by atoms with van der Waals surface area (Å²) in [5.74, 6) is 0. The van der Waals surface area contributed by atoms with E-state index in [0.717, 1.165) is 0 Å². The van der Waals surface area contributed by atoms with Crippen LogP contribution >= 0.6 is 0 Å². The molecule has 0 aromatic heterocycles. The van der Waals surface area contributed by atoms with Crippen molar-refractivity contribution in [1.29, 1.82) is 0 Å². The normalized spacial score (nSPS) is 18.2. The molecule has 56 heavy (non-hydrogen) atoms. The Morgan fingerprint density at radius 1 is 0.393 bits per heavy atom. The van der Waals surface area contributed by atoms with E-state index in [1.165, 1.54) is 131 Å². The van der Waals surface area contributed by atoms with Crippen molar-refractivity contribution in [2.45, 2.75) is 68.6 Å². The summed E-state index contributed by atoms with van der Waals surface area (Å²) >= 11 is 0. The number of para-hydroxylation sites is 2. The number of benzene rings is 7. The van der Waals surface area contributed by atoms with Crippen molar-refractivity contribution in [2.24, 2.45) is 0 Å². The number of anilines is 6. The van der Waals surface area contributed by atoms with E-state index in [1.54, 1.807) is 22.3 Å². The molecule has 4 aliphatic carbocycles. The van der Waals surface area contributed by atoms with Crippen LogP contribution in [-0.2, 0) is 10.8 Å². The van der Waals surface area contributed by atoms with Crippen LogP contribution in [0.4, 0.5) is 34.1 Å². The molecule has 2 saturated carbocycles. The predicted octanol–water partition coefficient (Wildman–Crippen LogP) is 11.8. The van der Waals surface area contributed by atoms with E-state index in [4.69, 9.17) is 0 Å². The maximum atomic E-state index is 2.71. The highest BCUT2D eigenvalue weighted by atomic mass is 15.2. The second-order valence-electron chi connectivity index (χ2n) is 17.4. The van der Waals surface area contributed by atoms with Crippen LogP contribution in [0.2, 0.25) is 0 Å². The Kier molecular flexibility index (Phi) is 6.39. The first-order chi connectivity index (χ1) is 27.8. The minimum absolute atomic E-state index is 0.0831. The number of fused-ring (bicyclic) bond motifs is 15. The van der Waals surface area contributed by atoms with Gasteiger partial charge in [0.15, 0.2) is 0 Å². The predicted molar refractivity (Wildman–Crippen MR) is 234 cm³/mol. The molecule has 2 spiro atoms. The van der Waals surface area contributed by atoms with Gasteiger partial charge in [-0.2, -0.15) is 0 Å². The monoisotopic (exact) mass is 718 g/mol. The maximum Gasteiger partial charge on any atom is 0.252 e. The summed E-state index contributed by atoms with van der Waals surface area (Å²) in [6.07, 6.45) is 11.4. The van der Waals surface area contributed by atoms with Gasteiger partial charge in [0.1, 0.15) is 0 Å². The molecule has 0 bridgehead atoms. The van der Waals surface area contributed by atoms with Gasteiger partial charge in [0.05, 0.1) is 0 Å². The van der Waals surface area contributed by atoms with Crippen LogP contribution in [0.3, 0.4) is 0 Å². The van der Waals surface area contributed by atoms with Crippen molar-refractivity contribution >= 4 is 57.2 Å². The maximum absolute atomic E-state index is 2.71. The molecular formula is C53H43BN2. The van der Waals surface area contributed by atoms with Crippen LogP contribution in [0.1, 0.15) is 80.0 Å². The Labute approximate surface area is 330 Å². The highest BCUT2D eigenvalue weighted by Crippen LogP contribution is 2.61. The van der Waals surface area contributed by atoms with Gasteiger partial charge in [-0.25, -0.2) is 0 Å². The zero-order chi connectivity index (χ0) is 36.6. The first-order valence-electron chi connectivity index (χ1n) is 21.2. The van der Waals surface area contributed by atoms with Gasteiger partial charge in [-0.15, -0.1) is 0 Å². The van der Waals surface area contributed by atoms with Gasteiger partial charge in [-0.05, 0) is 123 Å². The summed E-state index contributed by atoms with van der Waals surface area (Å²) in [7, 11) is 0. The van der Waals surface area contributed by atoms with E-state index in [-0.39, 0.29) is 17.5 Å². The van der Waals surface area contributed by atoms with Gasteiger partial charge in [-0.1, -0.05) is 141 Å². The largest absolute Gasteiger partial charge is 0.311 e. The Hall–Kier alpha value is -5.80. The molecule has 0 atom stereocenters. The quantitative estimate of drug-likeness (QED) is 0.164. The van der Waals surface area contributed by atoms with Gasteiger partial charge in [0, 0.05) is 50.5 Å². The fourth-order valence-electron chi connectivity index (χ4n) is 12.8. The molecule has 2 aliphatic heterocycles. The number of hydrogen-bond donors (Lipinski definition) is 0. The molecule has 2 heterocycles. The molecular weight excluding hydrogens is 675 g/mol. The molecule has 3 heteroatoms. The molecule has 0 radical (unpaired) electrons. The average Bonchev–Trinajstić information content (AvgIpc) is 3.94. The number of nitrogens with zero attached hydrogens (tertiary/aromatic N) is 2. The summed E-state index contributed by atoms with van der Waals surface area (Å²) in [6, 6.07) is 58.7. The molecule has 2 fully saturated rings. The van der Waals surface area contributed by atoms with Crippen LogP contribution in [-0.4, -0.2) is 6.71 Å². The van der Waals surface area contributed by atoms with Crippen LogP contribution in [0.15, 0.2) is 152 Å². The zero-order valence-corrected chi connectivity index (χ0v) is 31.8. The molecule has 2 nitrogen and oxygen atoms in total. The summed E-state index contributed by atoms with van der Waals surface area (Å²) in [5, 5.41) is 0. The highest BCUT2D eigenvalue weighted by molar-refractivity contribution is 7.00. The molecule has 7 aromatic carbocycles. The third-order valence-corrected chi connectivity index (χ3v) is 15.0. The molecule has 0 unspecified atom stereocenters. The average molecular weight is 719 g/mol.